The molecule has 1 spiro atoms. The van der Waals surface area contributed by atoms with Gasteiger partial charge in [-0.3, -0.25) is 19.7 Å². The van der Waals surface area contributed by atoms with Crippen molar-refractivity contribution in [2.45, 2.75) is 12.1 Å². The lowest BCUT2D eigenvalue weighted by atomic mass is 10.0. The van der Waals surface area contributed by atoms with Gasteiger partial charge in [0.1, 0.15) is 12.2 Å². The number of aromatic nitrogens is 2. The summed E-state index contributed by atoms with van der Waals surface area (Å²) in [6, 6.07) is 7.75. The summed E-state index contributed by atoms with van der Waals surface area (Å²) in [7, 11) is 0. The van der Waals surface area contributed by atoms with Crippen molar-refractivity contribution in [2.24, 2.45) is 0 Å². The number of hydrogen-bond acceptors (Lipinski definition) is 6. The molecule has 136 valence electrons. The lowest BCUT2D eigenvalue weighted by Gasteiger charge is -2.43. The second kappa shape index (κ2) is 7.49. The molecule has 0 aliphatic carbocycles. The van der Waals surface area contributed by atoms with Crippen LogP contribution in [0.25, 0.3) is 0 Å². The van der Waals surface area contributed by atoms with E-state index in [1.807, 2.05) is 24.4 Å². The lowest BCUT2D eigenvalue weighted by molar-refractivity contribution is -0.146. The molecule has 2 aliphatic rings. The van der Waals surface area contributed by atoms with E-state index in [2.05, 4.69) is 20.9 Å². The van der Waals surface area contributed by atoms with Gasteiger partial charge in [0.05, 0.1) is 31.6 Å². The number of rotatable bonds is 3. The van der Waals surface area contributed by atoms with Crippen molar-refractivity contribution in [1.29, 1.82) is 0 Å². The van der Waals surface area contributed by atoms with Crippen molar-refractivity contribution in [1.82, 2.24) is 14.9 Å². The van der Waals surface area contributed by atoms with E-state index < -0.39 is 5.60 Å². The van der Waals surface area contributed by atoms with Crippen molar-refractivity contribution in [3.05, 3.63) is 54.6 Å². The monoisotopic (exact) mass is 354 g/mol. The second-order valence-electron chi connectivity index (χ2n) is 6.79. The van der Waals surface area contributed by atoms with Crippen LogP contribution < -0.4 is 4.90 Å². The standard InChI is InChI=1S/C19H22N4O3/c24-18-12-26-19(14-23(18)17-4-2-6-21-10-17)13-22(7-8-25-15-19)11-16-3-1-5-20-9-16/h1-6,9-10H,7-8,11-15H2. The summed E-state index contributed by atoms with van der Waals surface area (Å²) in [6.45, 7) is 3.93. The molecule has 2 saturated heterocycles. The Bertz CT molecular complexity index is 743. The van der Waals surface area contributed by atoms with E-state index in [4.69, 9.17) is 9.47 Å². The highest BCUT2D eigenvalue weighted by molar-refractivity contribution is 5.95. The van der Waals surface area contributed by atoms with Crippen LogP contribution in [0.15, 0.2) is 49.1 Å². The zero-order valence-electron chi connectivity index (χ0n) is 14.6. The first-order valence-corrected chi connectivity index (χ1v) is 8.77. The van der Waals surface area contributed by atoms with E-state index in [1.54, 1.807) is 23.5 Å². The summed E-state index contributed by atoms with van der Waals surface area (Å²) in [6.07, 6.45) is 7.07. The number of morpholine rings is 1. The number of hydrogen-bond donors (Lipinski definition) is 0. The highest BCUT2D eigenvalue weighted by atomic mass is 16.6. The summed E-state index contributed by atoms with van der Waals surface area (Å²) < 4.78 is 11.9. The van der Waals surface area contributed by atoms with Gasteiger partial charge in [-0.2, -0.15) is 0 Å². The molecule has 4 heterocycles. The maximum atomic E-state index is 12.4. The van der Waals surface area contributed by atoms with Gasteiger partial charge in [0.15, 0.2) is 0 Å². The molecule has 1 unspecified atom stereocenters. The Kier molecular flexibility index (Phi) is 4.92. The number of nitrogens with zero attached hydrogens (tertiary/aromatic N) is 4. The van der Waals surface area contributed by atoms with Gasteiger partial charge in [-0.15, -0.1) is 0 Å². The van der Waals surface area contributed by atoms with E-state index in [1.165, 1.54) is 0 Å². The maximum Gasteiger partial charge on any atom is 0.253 e. The molecular formula is C19H22N4O3. The van der Waals surface area contributed by atoms with Crippen LogP contribution in [0, 0.1) is 0 Å². The Balaban J connectivity index is 1.53. The molecule has 1 amide bonds. The van der Waals surface area contributed by atoms with Crippen molar-refractivity contribution in [3.63, 3.8) is 0 Å². The van der Waals surface area contributed by atoms with Gasteiger partial charge in [0, 0.05) is 38.2 Å². The molecule has 7 nitrogen and oxygen atoms in total. The van der Waals surface area contributed by atoms with Crippen LogP contribution in [0.5, 0.6) is 0 Å². The van der Waals surface area contributed by atoms with Gasteiger partial charge in [0.2, 0.25) is 0 Å². The summed E-state index contributed by atoms with van der Waals surface area (Å²) in [4.78, 5) is 24.8. The second-order valence-corrected chi connectivity index (χ2v) is 6.79. The molecule has 0 bridgehead atoms. The van der Waals surface area contributed by atoms with Crippen molar-refractivity contribution in [2.75, 3.05) is 44.4 Å². The average molecular weight is 354 g/mol. The molecule has 7 heteroatoms. The molecule has 2 aromatic heterocycles. The summed E-state index contributed by atoms with van der Waals surface area (Å²) in [5, 5.41) is 0. The minimum absolute atomic E-state index is 0.0494. The lowest BCUT2D eigenvalue weighted by Crippen LogP contribution is -2.60. The van der Waals surface area contributed by atoms with E-state index in [9.17, 15) is 4.79 Å². The fourth-order valence-corrected chi connectivity index (χ4v) is 3.52. The Morgan fingerprint density at radius 3 is 2.73 bits per heavy atom. The molecule has 0 aromatic carbocycles. The molecule has 4 rings (SSSR count). The summed E-state index contributed by atoms with van der Waals surface area (Å²) >= 11 is 0. The van der Waals surface area contributed by atoms with E-state index in [-0.39, 0.29) is 12.5 Å². The molecule has 2 aliphatic heterocycles. The number of carbonyl (C=O) groups excluding carboxylic acids is 1. The van der Waals surface area contributed by atoms with Gasteiger partial charge in [-0.25, -0.2) is 0 Å². The normalized spacial score (nSPS) is 24.6. The number of carbonyl (C=O) groups is 1. The third kappa shape index (κ3) is 3.75. The number of anilines is 1. The van der Waals surface area contributed by atoms with Crippen LogP contribution in [0.2, 0.25) is 0 Å². The average Bonchev–Trinajstić information content (AvgIpc) is 2.88. The highest BCUT2D eigenvalue weighted by Gasteiger charge is 2.43. The zero-order valence-corrected chi connectivity index (χ0v) is 14.6. The van der Waals surface area contributed by atoms with Gasteiger partial charge < -0.3 is 14.4 Å². The first-order chi connectivity index (χ1) is 12.7. The Labute approximate surface area is 152 Å². The zero-order chi connectivity index (χ0) is 17.8. The Morgan fingerprint density at radius 2 is 1.96 bits per heavy atom. The van der Waals surface area contributed by atoms with Crippen LogP contribution in [-0.2, 0) is 20.8 Å². The third-order valence-corrected chi connectivity index (χ3v) is 4.76. The number of ether oxygens (including phenoxy) is 2. The van der Waals surface area contributed by atoms with Crippen LogP contribution in [0.1, 0.15) is 5.56 Å². The SMILES string of the molecule is O=C1COC2(COCCN(Cc3cccnc3)C2)CN1c1cccnc1. The van der Waals surface area contributed by atoms with Crippen molar-refractivity contribution >= 4 is 11.6 Å². The molecule has 0 radical (unpaired) electrons. The van der Waals surface area contributed by atoms with Crippen molar-refractivity contribution < 1.29 is 14.3 Å². The van der Waals surface area contributed by atoms with Gasteiger partial charge in [0.25, 0.3) is 5.91 Å². The van der Waals surface area contributed by atoms with E-state index in [0.29, 0.717) is 26.3 Å². The molecule has 0 N–H and O–H groups in total. The molecule has 1 atom stereocenters. The van der Waals surface area contributed by atoms with Gasteiger partial charge in [-0.05, 0) is 23.8 Å². The molecule has 26 heavy (non-hydrogen) atoms. The predicted molar refractivity (Wildman–Crippen MR) is 95.6 cm³/mol. The third-order valence-electron chi connectivity index (χ3n) is 4.76. The largest absolute Gasteiger partial charge is 0.377 e. The van der Waals surface area contributed by atoms with E-state index >= 15 is 0 Å². The summed E-state index contributed by atoms with van der Waals surface area (Å²) in [5.41, 5.74) is 1.41. The van der Waals surface area contributed by atoms with Crippen molar-refractivity contribution in [3.8, 4) is 0 Å². The minimum atomic E-state index is -0.539. The first kappa shape index (κ1) is 17.1. The minimum Gasteiger partial charge on any atom is -0.377 e. The van der Waals surface area contributed by atoms with Crippen LogP contribution in [0.4, 0.5) is 5.69 Å². The fourth-order valence-electron chi connectivity index (χ4n) is 3.52. The predicted octanol–water partition coefficient (Wildman–Crippen LogP) is 1.11. The Morgan fingerprint density at radius 1 is 1.12 bits per heavy atom. The molecular weight excluding hydrogens is 332 g/mol. The molecule has 0 saturated carbocycles. The number of amides is 1. The number of pyridine rings is 2. The van der Waals surface area contributed by atoms with E-state index in [0.717, 1.165) is 24.3 Å². The van der Waals surface area contributed by atoms with Crippen LogP contribution in [-0.4, -0.2) is 65.8 Å². The molecule has 2 aromatic rings. The molecule has 2 fully saturated rings. The quantitative estimate of drug-likeness (QED) is 0.823. The topological polar surface area (TPSA) is 67.8 Å². The first-order valence-electron chi connectivity index (χ1n) is 8.77. The van der Waals surface area contributed by atoms with Gasteiger partial charge in [-0.1, -0.05) is 6.07 Å². The smallest absolute Gasteiger partial charge is 0.253 e. The maximum absolute atomic E-state index is 12.4. The van der Waals surface area contributed by atoms with Crippen LogP contribution >= 0.6 is 0 Å². The van der Waals surface area contributed by atoms with Gasteiger partial charge >= 0.3 is 0 Å². The highest BCUT2D eigenvalue weighted by Crippen LogP contribution is 2.27. The fraction of sp³-hybridized carbons (Fsp3) is 0.421. The van der Waals surface area contributed by atoms with Crippen LogP contribution in [0.3, 0.4) is 0 Å². The Hall–Kier alpha value is -2.35. The summed E-state index contributed by atoms with van der Waals surface area (Å²) in [5.74, 6) is -0.0494.